The van der Waals surface area contributed by atoms with Gasteiger partial charge in [-0.25, -0.2) is 0 Å². The zero-order valence-electron chi connectivity index (χ0n) is 3.90. The first-order valence-electron chi connectivity index (χ1n) is 2.22. The molecule has 1 saturated carbocycles. The lowest BCUT2D eigenvalue weighted by atomic mass is 10.5. The maximum Gasteiger partial charge on any atom is 0.208 e. The van der Waals surface area contributed by atoms with Crippen LogP contribution >= 0.6 is 0 Å². The first kappa shape index (κ1) is 3.85. The van der Waals surface area contributed by atoms with E-state index in [0.717, 1.165) is 0 Å². The maximum atomic E-state index is 4.62. The highest BCUT2D eigenvalue weighted by Gasteiger charge is 2.12. The van der Waals surface area contributed by atoms with Crippen LogP contribution in [0.2, 0.25) is 0 Å². The van der Waals surface area contributed by atoms with Gasteiger partial charge in [-0.15, -0.1) is 0 Å². The molecule has 0 unspecified atom stereocenters. The van der Waals surface area contributed by atoms with E-state index >= 15 is 0 Å². The van der Waals surface area contributed by atoms with Gasteiger partial charge in [0.15, 0.2) is 0 Å². The molecule has 0 aromatic heterocycles. The van der Waals surface area contributed by atoms with Crippen molar-refractivity contribution in [3.05, 3.63) is 0 Å². The Morgan fingerprint density at radius 1 is 1.67 bits per heavy atom. The fourth-order valence-electron chi connectivity index (χ4n) is 0.368. The first-order chi connectivity index (χ1) is 2.93. The normalized spacial score (nSPS) is 22.8. The van der Waals surface area contributed by atoms with Crippen molar-refractivity contribution >= 4 is 6.29 Å². The zero-order valence-corrected chi connectivity index (χ0v) is 3.90. The van der Waals surface area contributed by atoms with Gasteiger partial charge in [-0.3, -0.25) is 0 Å². The summed E-state index contributed by atoms with van der Waals surface area (Å²) in [6.45, 7) is 0. The Morgan fingerprint density at radius 2 is 2.33 bits per heavy atom. The molecule has 0 aromatic carbocycles. The molecule has 0 aliphatic heterocycles. The molecule has 1 nitrogen and oxygen atoms in total. The van der Waals surface area contributed by atoms with E-state index < -0.39 is 0 Å². The van der Waals surface area contributed by atoms with Crippen LogP contribution in [0.3, 0.4) is 0 Å². The van der Waals surface area contributed by atoms with Crippen LogP contribution in [0, 0.1) is 5.92 Å². The zero-order chi connectivity index (χ0) is 4.41. The van der Waals surface area contributed by atoms with E-state index in [0.29, 0.717) is 5.92 Å². The second-order valence-electron chi connectivity index (χ2n) is 1.60. The highest BCUT2D eigenvalue weighted by atomic mass is 16.4. The first-order valence-corrected chi connectivity index (χ1v) is 2.22. The summed E-state index contributed by atoms with van der Waals surface area (Å²) in [6.07, 6.45) is 5.39. The fraction of sp³-hybridized carbons (Fsp3) is 0.800. The van der Waals surface area contributed by atoms with Gasteiger partial charge in [-0.2, -0.15) is 0 Å². The van der Waals surface area contributed by atoms with E-state index in [-0.39, 0.29) is 0 Å². The number of hydrogen-bond acceptors (Lipinski definition) is 0. The minimum absolute atomic E-state index is 0.676. The lowest BCUT2D eigenvalue weighted by Crippen LogP contribution is -1.74. The van der Waals surface area contributed by atoms with E-state index in [1.54, 1.807) is 7.11 Å². The number of carbonyl (C=O) groups excluding carboxylic acids is 1. The van der Waals surface area contributed by atoms with Crippen LogP contribution in [-0.2, 0) is 4.42 Å². The van der Waals surface area contributed by atoms with Crippen molar-refractivity contribution in [3.63, 3.8) is 0 Å². The van der Waals surface area contributed by atoms with Crippen LogP contribution in [0.25, 0.3) is 0 Å². The van der Waals surface area contributed by atoms with Gasteiger partial charge in [0.2, 0.25) is 7.11 Å². The van der Waals surface area contributed by atoms with Gasteiger partial charge in [-0.1, -0.05) is 18.8 Å². The largest absolute Gasteiger partial charge is 0.459 e. The molecule has 1 rings (SSSR count). The molecule has 0 saturated heterocycles. The van der Waals surface area contributed by atoms with Gasteiger partial charge in [-0.05, 0) is 6.29 Å². The molecule has 0 heterocycles. The minimum atomic E-state index is 0.676. The Labute approximate surface area is 37.7 Å². The molecule has 1 heteroatoms. The van der Waals surface area contributed by atoms with Crippen LogP contribution in [0.1, 0.15) is 12.8 Å². The molecule has 0 radical (unpaired) electrons. The van der Waals surface area contributed by atoms with Gasteiger partial charge >= 0.3 is 0 Å². The molecule has 0 aromatic rings. The number of hydrogen-bond donors (Lipinski definition) is 0. The molecule has 1 fully saturated rings. The van der Waals surface area contributed by atoms with Crippen molar-refractivity contribution in [1.29, 1.82) is 0 Å². The molecular weight excluding hydrogens is 76.1 g/mol. The average molecular weight is 84.1 g/mol. The Morgan fingerprint density at radius 3 is 2.50 bits per heavy atom. The van der Waals surface area contributed by atoms with Crippen molar-refractivity contribution in [2.45, 2.75) is 12.8 Å². The fourth-order valence-corrected chi connectivity index (χ4v) is 0.368. The summed E-state index contributed by atoms with van der Waals surface area (Å²) in [7, 11) is 1.65. The molecule has 0 N–H and O–H groups in total. The lowest BCUT2D eigenvalue weighted by molar-refractivity contribution is 0.180. The van der Waals surface area contributed by atoms with E-state index in [9.17, 15) is 0 Å². The van der Waals surface area contributed by atoms with Gasteiger partial charge < -0.3 is 4.42 Å². The van der Waals surface area contributed by atoms with E-state index in [1.807, 2.05) is 0 Å². The molecular formula is C5H8O. The van der Waals surface area contributed by atoms with Crippen molar-refractivity contribution < 1.29 is 4.42 Å². The van der Waals surface area contributed by atoms with Crippen LogP contribution in [-0.4, -0.2) is 13.4 Å². The summed E-state index contributed by atoms with van der Waals surface area (Å²) < 4.78 is 4.62. The number of rotatable bonds is 1. The summed E-state index contributed by atoms with van der Waals surface area (Å²) in [5.41, 5.74) is 0. The highest BCUT2D eigenvalue weighted by molar-refractivity contribution is 5.58. The maximum absolute atomic E-state index is 4.62. The standard InChI is InChI=1S/C5H8O/c1-6-4-5-2-3-5/h5H,2-3H2,1H3. The minimum Gasteiger partial charge on any atom is -0.459 e. The lowest BCUT2D eigenvalue weighted by Gasteiger charge is -1.75. The van der Waals surface area contributed by atoms with Gasteiger partial charge in [0.05, 0.1) is 0 Å². The van der Waals surface area contributed by atoms with E-state index in [2.05, 4.69) is 10.7 Å². The predicted octanol–water partition coefficient (Wildman–Crippen LogP) is 0.672. The smallest absolute Gasteiger partial charge is 0.208 e. The molecule has 1 aliphatic carbocycles. The van der Waals surface area contributed by atoms with E-state index in [1.165, 1.54) is 12.8 Å². The molecule has 0 amide bonds. The molecule has 1 aliphatic rings. The molecule has 6 heavy (non-hydrogen) atoms. The van der Waals surface area contributed by atoms with Crippen LogP contribution < -0.4 is 0 Å². The van der Waals surface area contributed by atoms with Crippen molar-refractivity contribution in [3.8, 4) is 0 Å². The Kier molecular flexibility index (Phi) is 0.906. The second-order valence-corrected chi connectivity index (χ2v) is 1.60. The van der Waals surface area contributed by atoms with Crippen LogP contribution in [0.5, 0.6) is 0 Å². The van der Waals surface area contributed by atoms with Crippen LogP contribution in [0.4, 0.5) is 0 Å². The molecule has 0 atom stereocenters. The summed E-state index contributed by atoms with van der Waals surface area (Å²) in [5, 5.41) is 0. The summed E-state index contributed by atoms with van der Waals surface area (Å²) in [6, 6.07) is 0. The summed E-state index contributed by atoms with van der Waals surface area (Å²) >= 11 is 0. The molecule has 34 valence electrons. The SMILES string of the molecule is C[O+]=[C-]C1CC1. The third-order valence-corrected chi connectivity index (χ3v) is 0.862. The quantitative estimate of drug-likeness (QED) is 0.327. The van der Waals surface area contributed by atoms with Crippen LogP contribution in [0.15, 0.2) is 0 Å². The Balaban J connectivity index is 2.15. The monoisotopic (exact) mass is 84.1 g/mol. The van der Waals surface area contributed by atoms with Gasteiger partial charge in [0, 0.05) is 0 Å². The van der Waals surface area contributed by atoms with E-state index in [4.69, 9.17) is 0 Å². The predicted molar refractivity (Wildman–Crippen MR) is 24.3 cm³/mol. The summed E-state index contributed by atoms with van der Waals surface area (Å²) in [5.74, 6) is 0.676. The topological polar surface area (TPSA) is 11.3 Å². The third-order valence-electron chi connectivity index (χ3n) is 0.862. The Bertz CT molecular complexity index is 62.3. The Hall–Kier alpha value is -0.330. The third kappa shape index (κ3) is 0.814. The van der Waals surface area contributed by atoms with Gasteiger partial charge in [0.25, 0.3) is 0 Å². The molecule has 0 spiro atoms. The van der Waals surface area contributed by atoms with Gasteiger partial charge in [0.1, 0.15) is 0 Å². The highest BCUT2D eigenvalue weighted by Crippen LogP contribution is 2.25. The van der Waals surface area contributed by atoms with Crippen molar-refractivity contribution in [1.82, 2.24) is 0 Å². The van der Waals surface area contributed by atoms with Crippen molar-refractivity contribution in [2.75, 3.05) is 7.11 Å². The summed E-state index contributed by atoms with van der Waals surface area (Å²) in [4.78, 5) is 0. The average Bonchev–Trinajstić information content (AvgIpc) is 2.21. The van der Waals surface area contributed by atoms with Crippen molar-refractivity contribution in [2.24, 2.45) is 5.92 Å². The second kappa shape index (κ2) is 1.41. The molecule has 0 bridgehead atoms.